The van der Waals surface area contributed by atoms with E-state index < -0.39 is 48.3 Å². The molecule has 0 spiro atoms. The lowest BCUT2D eigenvalue weighted by Crippen LogP contribution is -2.49. The highest BCUT2D eigenvalue weighted by Gasteiger charge is 2.39. The molecule has 1 aliphatic rings. The van der Waals surface area contributed by atoms with Gasteiger partial charge in [0.15, 0.2) is 0 Å². The number of pyridine rings is 1. The van der Waals surface area contributed by atoms with Crippen LogP contribution in [0.15, 0.2) is 48.5 Å². The van der Waals surface area contributed by atoms with E-state index in [0.29, 0.717) is 27.2 Å². The molecule has 0 unspecified atom stereocenters. The van der Waals surface area contributed by atoms with Gasteiger partial charge in [-0.3, -0.25) is 14.4 Å². The average molecular weight is 529 g/mol. The van der Waals surface area contributed by atoms with Crippen molar-refractivity contribution >= 4 is 40.2 Å². The Bertz CT molecular complexity index is 1350. The highest BCUT2D eigenvalue weighted by atomic mass is 35.5. The molecule has 1 fully saturated rings. The molecule has 0 saturated carbocycles. The van der Waals surface area contributed by atoms with Crippen molar-refractivity contribution in [2.45, 2.75) is 31.5 Å². The second-order valence-electron chi connectivity index (χ2n) is 8.79. The van der Waals surface area contributed by atoms with Crippen LogP contribution in [0, 0.1) is 5.82 Å². The maximum absolute atomic E-state index is 13.4. The summed E-state index contributed by atoms with van der Waals surface area (Å²) in [6.07, 6.45) is -0.810. The van der Waals surface area contributed by atoms with Gasteiger partial charge in [0.25, 0.3) is 5.91 Å². The van der Waals surface area contributed by atoms with Gasteiger partial charge in [0.05, 0.1) is 31.3 Å². The van der Waals surface area contributed by atoms with Gasteiger partial charge in [-0.15, -0.1) is 0 Å². The van der Waals surface area contributed by atoms with Gasteiger partial charge >= 0.3 is 0 Å². The lowest BCUT2D eigenvalue weighted by atomic mass is 10.1. The molecule has 0 bridgehead atoms. The van der Waals surface area contributed by atoms with Crippen LogP contribution >= 0.6 is 11.6 Å². The van der Waals surface area contributed by atoms with E-state index in [0.717, 1.165) is 0 Å². The smallest absolute Gasteiger partial charge is 0.270 e. The van der Waals surface area contributed by atoms with Gasteiger partial charge in [-0.2, -0.15) is 0 Å². The highest BCUT2D eigenvalue weighted by Crippen LogP contribution is 2.28. The van der Waals surface area contributed by atoms with Gasteiger partial charge in [0, 0.05) is 23.4 Å². The average Bonchev–Trinajstić information content (AvgIpc) is 3.28. The molecule has 3 amide bonds. The van der Waals surface area contributed by atoms with Crippen LogP contribution in [0.25, 0.3) is 10.9 Å². The van der Waals surface area contributed by atoms with E-state index in [1.165, 1.54) is 36.3 Å². The SMILES string of the molecule is COc1ccc([C@H](C)NC(=O)[C@@H]2C[C@@H](O)CN2C(=O)CNC(=O)c2ccc3cc(F)ccc3n2)c(Cl)c1. The van der Waals surface area contributed by atoms with E-state index in [4.69, 9.17) is 16.3 Å². The lowest BCUT2D eigenvalue weighted by molar-refractivity contribution is -0.138. The summed E-state index contributed by atoms with van der Waals surface area (Å²) in [5.74, 6) is -1.40. The number of aliphatic hydroxyl groups is 1. The molecule has 0 aliphatic carbocycles. The number of likely N-dealkylation sites (tertiary alicyclic amines) is 1. The van der Waals surface area contributed by atoms with Crippen molar-refractivity contribution in [3.05, 3.63) is 70.6 Å². The number of ether oxygens (including phenoxy) is 1. The van der Waals surface area contributed by atoms with Crippen LogP contribution in [-0.2, 0) is 9.59 Å². The number of methoxy groups -OCH3 is 1. The van der Waals surface area contributed by atoms with Crippen molar-refractivity contribution in [2.75, 3.05) is 20.2 Å². The standard InChI is InChI=1S/C26H26ClFN4O5/c1-14(19-6-5-18(37-2)11-20(19)27)30-26(36)23-10-17(33)13-32(23)24(34)12-29-25(35)22-7-3-15-9-16(28)4-8-21(15)31-22/h3-9,11,14,17,23,33H,10,12-13H2,1-2H3,(H,29,35)(H,30,36)/t14-,17+,23-/m0/s1. The van der Waals surface area contributed by atoms with Crippen LogP contribution in [0.1, 0.15) is 35.4 Å². The van der Waals surface area contributed by atoms with Crippen LogP contribution in [0.4, 0.5) is 4.39 Å². The number of rotatable bonds is 7. The Labute approximate surface area is 217 Å². The molecule has 0 radical (unpaired) electrons. The van der Waals surface area contributed by atoms with E-state index in [-0.39, 0.29) is 18.7 Å². The second-order valence-corrected chi connectivity index (χ2v) is 9.19. The largest absolute Gasteiger partial charge is 0.497 e. The molecule has 37 heavy (non-hydrogen) atoms. The summed E-state index contributed by atoms with van der Waals surface area (Å²) < 4.78 is 18.5. The molecule has 2 heterocycles. The van der Waals surface area contributed by atoms with Gasteiger partial charge < -0.3 is 25.4 Å². The van der Waals surface area contributed by atoms with Gasteiger partial charge in [0.1, 0.15) is 23.3 Å². The number of benzene rings is 2. The molecule has 194 valence electrons. The molecule has 1 saturated heterocycles. The first-order valence-electron chi connectivity index (χ1n) is 11.6. The first-order chi connectivity index (χ1) is 17.7. The molecule has 1 aromatic heterocycles. The third kappa shape index (κ3) is 5.98. The van der Waals surface area contributed by atoms with Crippen molar-refractivity contribution in [3.63, 3.8) is 0 Å². The quantitative estimate of drug-likeness (QED) is 0.433. The van der Waals surface area contributed by atoms with Crippen molar-refractivity contribution in [1.82, 2.24) is 20.5 Å². The molecule has 3 N–H and O–H groups in total. The molecule has 1 aliphatic heterocycles. The lowest BCUT2D eigenvalue weighted by Gasteiger charge is -2.26. The maximum Gasteiger partial charge on any atom is 0.270 e. The van der Waals surface area contributed by atoms with Gasteiger partial charge in [0.2, 0.25) is 11.8 Å². The number of hydrogen-bond donors (Lipinski definition) is 3. The van der Waals surface area contributed by atoms with Gasteiger partial charge in [-0.05, 0) is 48.9 Å². The number of β-amino-alcohol motifs (C(OH)–C–C–N with tert-alkyl or cyclic N) is 1. The Morgan fingerprint density at radius 1 is 1.22 bits per heavy atom. The first-order valence-corrected chi connectivity index (χ1v) is 12.0. The van der Waals surface area contributed by atoms with Crippen molar-refractivity contribution in [3.8, 4) is 5.75 Å². The van der Waals surface area contributed by atoms with E-state index >= 15 is 0 Å². The number of carbonyl (C=O) groups is 3. The fourth-order valence-corrected chi connectivity index (χ4v) is 4.62. The number of nitrogens with zero attached hydrogens (tertiary/aromatic N) is 2. The summed E-state index contributed by atoms with van der Waals surface area (Å²) in [6.45, 7) is 1.33. The number of nitrogens with one attached hydrogen (secondary N) is 2. The molecule has 9 nitrogen and oxygen atoms in total. The van der Waals surface area contributed by atoms with Gasteiger partial charge in [-0.25, -0.2) is 9.37 Å². The number of carbonyl (C=O) groups excluding carboxylic acids is 3. The maximum atomic E-state index is 13.4. The summed E-state index contributed by atoms with van der Waals surface area (Å²) in [5.41, 5.74) is 1.17. The van der Waals surface area contributed by atoms with Crippen LogP contribution in [0.5, 0.6) is 5.75 Å². The van der Waals surface area contributed by atoms with E-state index in [1.54, 1.807) is 31.2 Å². The molecule has 3 aromatic rings. The number of amides is 3. The summed E-state index contributed by atoms with van der Waals surface area (Å²) in [6, 6.07) is 10.7. The Morgan fingerprint density at radius 2 is 2.00 bits per heavy atom. The molecular weight excluding hydrogens is 503 g/mol. The van der Waals surface area contributed by atoms with Crippen LogP contribution in [0.2, 0.25) is 5.02 Å². The third-order valence-corrected chi connectivity index (χ3v) is 6.55. The summed E-state index contributed by atoms with van der Waals surface area (Å²) in [5, 5.41) is 16.5. The minimum absolute atomic E-state index is 0.0374. The highest BCUT2D eigenvalue weighted by molar-refractivity contribution is 6.31. The molecular formula is C26H26ClFN4O5. The summed E-state index contributed by atoms with van der Waals surface area (Å²) in [4.78, 5) is 43.9. The predicted octanol–water partition coefficient (Wildman–Crippen LogP) is 2.60. The Morgan fingerprint density at radius 3 is 2.73 bits per heavy atom. The molecule has 4 rings (SSSR count). The fraction of sp³-hybridized carbons (Fsp3) is 0.308. The zero-order valence-electron chi connectivity index (χ0n) is 20.2. The number of fused-ring (bicyclic) bond motifs is 1. The number of aromatic nitrogens is 1. The third-order valence-electron chi connectivity index (χ3n) is 6.22. The molecule has 2 aromatic carbocycles. The van der Waals surface area contributed by atoms with E-state index in [1.807, 2.05) is 0 Å². The van der Waals surface area contributed by atoms with Crippen LogP contribution in [0.3, 0.4) is 0 Å². The Hall–Kier alpha value is -3.76. The van der Waals surface area contributed by atoms with Crippen LogP contribution in [-0.4, -0.2) is 65.1 Å². The number of aliphatic hydroxyl groups excluding tert-OH is 1. The molecule has 11 heteroatoms. The minimum Gasteiger partial charge on any atom is -0.497 e. The Balaban J connectivity index is 1.38. The number of hydrogen-bond acceptors (Lipinski definition) is 6. The normalized spacial score (nSPS) is 17.9. The number of halogens is 2. The minimum atomic E-state index is -0.910. The monoisotopic (exact) mass is 528 g/mol. The first kappa shape index (κ1) is 26.3. The zero-order chi connectivity index (χ0) is 26.7. The Kier molecular flexibility index (Phi) is 7.89. The predicted molar refractivity (Wildman–Crippen MR) is 135 cm³/mol. The fourth-order valence-electron chi connectivity index (χ4n) is 4.28. The van der Waals surface area contributed by atoms with Crippen molar-refractivity contribution in [1.29, 1.82) is 0 Å². The summed E-state index contributed by atoms with van der Waals surface area (Å²) >= 11 is 6.31. The molecule has 3 atom stereocenters. The summed E-state index contributed by atoms with van der Waals surface area (Å²) in [7, 11) is 1.52. The van der Waals surface area contributed by atoms with Crippen molar-refractivity contribution < 1.29 is 28.6 Å². The zero-order valence-corrected chi connectivity index (χ0v) is 21.0. The van der Waals surface area contributed by atoms with Crippen LogP contribution < -0.4 is 15.4 Å². The van der Waals surface area contributed by atoms with Gasteiger partial charge in [-0.1, -0.05) is 23.7 Å². The van der Waals surface area contributed by atoms with E-state index in [2.05, 4.69) is 15.6 Å². The second kappa shape index (κ2) is 11.1. The van der Waals surface area contributed by atoms with Crippen molar-refractivity contribution in [2.24, 2.45) is 0 Å². The van der Waals surface area contributed by atoms with E-state index in [9.17, 15) is 23.9 Å². The topological polar surface area (TPSA) is 121 Å².